The van der Waals surface area contributed by atoms with Crippen LogP contribution in [-0.4, -0.2) is 54.9 Å². The molecule has 1 aliphatic heterocycles. The van der Waals surface area contributed by atoms with Crippen LogP contribution in [0.15, 0.2) is 22.7 Å². The van der Waals surface area contributed by atoms with Gasteiger partial charge in [0.15, 0.2) is 17.3 Å². The van der Waals surface area contributed by atoms with E-state index >= 15 is 0 Å². The molecule has 1 unspecified atom stereocenters. The minimum atomic E-state index is 0. The number of halogens is 1. The van der Waals surface area contributed by atoms with Crippen molar-refractivity contribution >= 4 is 24.6 Å². The molecule has 0 amide bonds. The van der Waals surface area contributed by atoms with E-state index in [0.717, 1.165) is 30.9 Å². The van der Waals surface area contributed by atoms with E-state index in [-0.39, 0.29) is 24.6 Å². The van der Waals surface area contributed by atoms with Crippen LogP contribution >= 0.6 is 12.4 Å². The number of piperazine rings is 1. The third-order valence-electron chi connectivity index (χ3n) is 4.24. The second kappa shape index (κ2) is 9.73. The van der Waals surface area contributed by atoms with Gasteiger partial charge >= 0.3 is 0 Å². The summed E-state index contributed by atoms with van der Waals surface area (Å²) in [6.45, 7) is 6.75. The van der Waals surface area contributed by atoms with Crippen molar-refractivity contribution in [1.82, 2.24) is 20.4 Å². The molecule has 2 heterocycles. The fraction of sp³-hybridized carbons (Fsp3) is 0.474. The molecule has 1 N–H and O–H groups in total. The smallest absolute Gasteiger partial charge is 0.250 e. The first-order valence-corrected chi connectivity index (χ1v) is 8.84. The number of methoxy groups -OCH3 is 1. The molecule has 0 radical (unpaired) electrons. The van der Waals surface area contributed by atoms with Crippen molar-refractivity contribution in [3.8, 4) is 11.5 Å². The van der Waals surface area contributed by atoms with Crippen molar-refractivity contribution in [1.29, 1.82) is 0 Å². The summed E-state index contributed by atoms with van der Waals surface area (Å²) in [5.74, 6) is 2.62. The third-order valence-corrected chi connectivity index (χ3v) is 4.24. The molecule has 0 bridgehead atoms. The molecule has 1 aromatic carbocycles. The molecule has 27 heavy (non-hydrogen) atoms. The lowest BCUT2D eigenvalue weighted by Gasteiger charge is -2.30. The van der Waals surface area contributed by atoms with Gasteiger partial charge < -0.3 is 19.3 Å². The lowest BCUT2D eigenvalue weighted by Crippen LogP contribution is -2.44. The van der Waals surface area contributed by atoms with E-state index in [4.69, 9.17) is 14.0 Å². The molecule has 8 heteroatoms. The molecule has 2 aromatic rings. The summed E-state index contributed by atoms with van der Waals surface area (Å²) in [7, 11) is 3.71. The summed E-state index contributed by atoms with van der Waals surface area (Å²) >= 11 is 0. The number of nitrogens with one attached hydrogen (secondary N) is 1. The first-order chi connectivity index (χ1) is 12.6. The van der Waals surface area contributed by atoms with Gasteiger partial charge in [0.1, 0.15) is 0 Å². The molecule has 1 fully saturated rings. The average Bonchev–Trinajstić information content (AvgIpc) is 3.09. The van der Waals surface area contributed by atoms with Crippen LogP contribution in [0.1, 0.15) is 37.2 Å². The van der Waals surface area contributed by atoms with Gasteiger partial charge in [-0.1, -0.05) is 11.2 Å². The van der Waals surface area contributed by atoms with E-state index in [1.54, 1.807) is 7.11 Å². The number of hydrogen-bond acceptors (Lipinski definition) is 7. The quantitative estimate of drug-likeness (QED) is 0.807. The maximum atomic E-state index is 5.73. The van der Waals surface area contributed by atoms with Crippen molar-refractivity contribution in [3.63, 3.8) is 0 Å². The summed E-state index contributed by atoms with van der Waals surface area (Å²) in [4.78, 5) is 6.73. The van der Waals surface area contributed by atoms with Crippen LogP contribution in [0.5, 0.6) is 11.5 Å². The van der Waals surface area contributed by atoms with E-state index in [0.29, 0.717) is 17.5 Å². The highest BCUT2D eigenvalue weighted by atomic mass is 35.5. The fourth-order valence-corrected chi connectivity index (χ4v) is 2.85. The average molecular weight is 395 g/mol. The number of likely N-dealkylation sites (N-methyl/N-ethyl adjacent to an activating group) is 1. The van der Waals surface area contributed by atoms with Gasteiger partial charge in [0.25, 0.3) is 5.89 Å². The van der Waals surface area contributed by atoms with Gasteiger partial charge in [-0.3, -0.25) is 4.90 Å². The molecule has 1 saturated heterocycles. The maximum Gasteiger partial charge on any atom is 0.250 e. The van der Waals surface area contributed by atoms with Crippen LogP contribution in [0.4, 0.5) is 0 Å². The van der Waals surface area contributed by atoms with Gasteiger partial charge in [-0.15, -0.1) is 12.4 Å². The Bertz CT molecular complexity index is 763. The van der Waals surface area contributed by atoms with E-state index < -0.39 is 0 Å². The van der Waals surface area contributed by atoms with Gasteiger partial charge in [0, 0.05) is 25.7 Å². The minimum absolute atomic E-state index is 0. The molecule has 0 saturated carbocycles. The van der Waals surface area contributed by atoms with Crippen LogP contribution in [-0.2, 0) is 0 Å². The number of aromatic nitrogens is 2. The molecular formula is C19H27ClN4O3. The highest BCUT2D eigenvalue weighted by molar-refractivity contribution is 5.85. The first-order valence-electron chi connectivity index (χ1n) is 8.84. The summed E-state index contributed by atoms with van der Waals surface area (Å²) in [5.41, 5.74) is 0.967. The van der Waals surface area contributed by atoms with Crippen LogP contribution in [0.2, 0.25) is 0 Å². The number of hydrogen-bond donors (Lipinski definition) is 1. The lowest BCUT2D eigenvalue weighted by atomic mass is 10.2. The zero-order valence-corrected chi connectivity index (χ0v) is 17.0. The van der Waals surface area contributed by atoms with Crippen LogP contribution < -0.4 is 14.8 Å². The Balaban J connectivity index is 0.00000261. The molecule has 0 aliphatic carbocycles. The second-order valence-corrected chi connectivity index (χ2v) is 6.60. The Morgan fingerprint density at radius 1 is 1.30 bits per heavy atom. The van der Waals surface area contributed by atoms with Crippen LogP contribution in [0, 0.1) is 0 Å². The SMILES string of the molecule is COc1cc(/C=C/c2nc(C3CNCCN3C)no2)ccc1OC(C)C.Cl. The molecule has 1 aliphatic rings. The number of nitrogens with zero attached hydrogens (tertiary/aromatic N) is 3. The largest absolute Gasteiger partial charge is 0.493 e. The molecular weight excluding hydrogens is 368 g/mol. The Kier molecular flexibility index (Phi) is 7.65. The standard InChI is InChI=1S/C19H26N4O3.ClH/c1-13(2)25-16-7-5-14(11-17(16)24-4)6-8-18-21-19(22-26-18)15-12-20-9-10-23(15)3;/h5-8,11,13,15,20H,9-10,12H2,1-4H3;1H/b8-6+;. The summed E-state index contributed by atoms with van der Waals surface area (Å²) < 4.78 is 16.5. The molecule has 1 aromatic heterocycles. The first kappa shape index (κ1) is 21.2. The predicted molar refractivity (Wildman–Crippen MR) is 107 cm³/mol. The Hall–Kier alpha value is -2.09. The van der Waals surface area contributed by atoms with Crippen molar-refractivity contribution in [2.24, 2.45) is 0 Å². The minimum Gasteiger partial charge on any atom is -0.493 e. The van der Waals surface area contributed by atoms with E-state index in [1.165, 1.54) is 0 Å². The Morgan fingerprint density at radius 3 is 2.81 bits per heavy atom. The Labute approximate surface area is 166 Å². The topological polar surface area (TPSA) is 72.7 Å². The summed E-state index contributed by atoms with van der Waals surface area (Å²) in [6, 6.07) is 5.93. The van der Waals surface area contributed by atoms with Gasteiger partial charge in [0.2, 0.25) is 0 Å². The monoisotopic (exact) mass is 394 g/mol. The van der Waals surface area contributed by atoms with Crippen molar-refractivity contribution < 1.29 is 14.0 Å². The van der Waals surface area contributed by atoms with Crippen molar-refractivity contribution in [2.45, 2.75) is 26.0 Å². The van der Waals surface area contributed by atoms with Gasteiger partial charge in [-0.25, -0.2) is 0 Å². The number of ether oxygens (including phenoxy) is 2. The molecule has 3 rings (SSSR count). The zero-order chi connectivity index (χ0) is 18.5. The van der Waals surface area contributed by atoms with E-state index in [1.807, 2.05) is 44.2 Å². The van der Waals surface area contributed by atoms with Crippen molar-refractivity contribution in [2.75, 3.05) is 33.8 Å². The zero-order valence-electron chi connectivity index (χ0n) is 16.1. The molecule has 0 spiro atoms. The second-order valence-electron chi connectivity index (χ2n) is 6.60. The van der Waals surface area contributed by atoms with E-state index in [2.05, 4.69) is 27.4 Å². The molecule has 148 valence electrons. The normalized spacial score (nSPS) is 17.9. The summed E-state index contributed by atoms with van der Waals surface area (Å²) in [6.07, 6.45) is 3.82. The fourth-order valence-electron chi connectivity index (χ4n) is 2.85. The van der Waals surface area contributed by atoms with E-state index in [9.17, 15) is 0 Å². The molecule has 7 nitrogen and oxygen atoms in total. The number of rotatable bonds is 6. The third kappa shape index (κ3) is 5.45. The van der Waals surface area contributed by atoms with Crippen molar-refractivity contribution in [3.05, 3.63) is 35.5 Å². The predicted octanol–water partition coefficient (Wildman–Crippen LogP) is 3.03. The van der Waals surface area contributed by atoms with Gasteiger partial charge in [0.05, 0.1) is 19.3 Å². The summed E-state index contributed by atoms with van der Waals surface area (Å²) in [5, 5.41) is 7.47. The van der Waals surface area contributed by atoms with Crippen LogP contribution in [0.3, 0.4) is 0 Å². The van der Waals surface area contributed by atoms with Crippen LogP contribution in [0.25, 0.3) is 12.2 Å². The maximum absolute atomic E-state index is 5.73. The highest BCUT2D eigenvalue weighted by Gasteiger charge is 2.24. The highest BCUT2D eigenvalue weighted by Crippen LogP contribution is 2.29. The Morgan fingerprint density at radius 2 is 2.11 bits per heavy atom. The number of benzene rings is 1. The van der Waals surface area contributed by atoms with Gasteiger partial charge in [-0.05, 0) is 44.7 Å². The lowest BCUT2D eigenvalue weighted by molar-refractivity contribution is 0.190. The van der Waals surface area contributed by atoms with Gasteiger partial charge in [-0.2, -0.15) is 4.98 Å². The molecule has 1 atom stereocenters.